The second-order valence-corrected chi connectivity index (χ2v) is 8.48. The fraction of sp³-hybridized carbons (Fsp3) is 0.316. The molecular formula is C19H21FN2O3S. The molecule has 1 heterocycles. The third-order valence-electron chi connectivity index (χ3n) is 4.20. The number of hydrogen-bond donors (Lipinski definition) is 1. The van der Waals surface area contributed by atoms with Gasteiger partial charge in [-0.2, -0.15) is 0 Å². The van der Waals surface area contributed by atoms with Crippen LogP contribution in [0.15, 0.2) is 47.4 Å². The Kier molecular flexibility index (Phi) is 5.00. The number of halogens is 1. The number of fused-ring (bicyclic) bond motifs is 1. The lowest BCUT2D eigenvalue weighted by Crippen LogP contribution is -2.37. The minimum atomic E-state index is -3.80. The Morgan fingerprint density at radius 2 is 1.81 bits per heavy atom. The van der Waals surface area contributed by atoms with Crippen LogP contribution in [0.4, 0.5) is 15.8 Å². The van der Waals surface area contributed by atoms with Crippen LogP contribution in [0, 0.1) is 11.7 Å². The minimum absolute atomic E-state index is 0.00627. The fourth-order valence-corrected chi connectivity index (χ4v) is 4.07. The van der Waals surface area contributed by atoms with E-state index in [4.69, 9.17) is 0 Å². The number of sulfonamides is 1. The van der Waals surface area contributed by atoms with Crippen LogP contribution < -0.4 is 9.62 Å². The number of nitrogens with one attached hydrogen (secondary N) is 1. The maximum Gasteiger partial charge on any atom is 0.261 e. The van der Waals surface area contributed by atoms with Crippen molar-refractivity contribution in [3.05, 3.63) is 53.8 Å². The van der Waals surface area contributed by atoms with E-state index in [1.165, 1.54) is 12.1 Å². The lowest BCUT2D eigenvalue weighted by Gasteiger charge is -2.31. The van der Waals surface area contributed by atoms with Crippen molar-refractivity contribution in [3.8, 4) is 0 Å². The second kappa shape index (κ2) is 7.07. The van der Waals surface area contributed by atoms with Crippen LogP contribution in [0.1, 0.15) is 25.8 Å². The van der Waals surface area contributed by atoms with Crippen LogP contribution in [0.25, 0.3) is 0 Å². The van der Waals surface area contributed by atoms with Gasteiger partial charge in [0.2, 0.25) is 5.91 Å². The van der Waals surface area contributed by atoms with Gasteiger partial charge in [0.15, 0.2) is 0 Å². The summed E-state index contributed by atoms with van der Waals surface area (Å²) in [5.74, 6) is -0.0694. The monoisotopic (exact) mass is 376 g/mol. The number of benzene rings is 2. The highest BCUT2D eigenvalue weighted by molar-refractivity contribution is 7.92. The Morgan fingerprint density at radius 1 is 1.12 bits per heavy atom. The van der Waals surface area contributed by atoms with Crippen molar-refractivity contribution in [3.63, 3.8) is 0 Å². The summed E-state index contributed by atoms with van der Waals surface area (Å²) in [6.45, 7) is 4.73. The molecule has 0 spiro atoms. The summed E-state index contributed by atoms with van der Waals surface area (Å²) >= 11 is 0. The van der Waals surface area contributed by atoms with E-state index in [0.29, 0.717) is 31.0 Å². The van der Waals surface area contributed by atoms with Gasteiger partial charge in [0.05, 0.1) is 4.90 Å². The average molecular weight is 376 g/mol. The van der Waals surface area contributed by atoms with Crippen LogP contribution >= 0.6 is 0 Å². The molecule has 0 bridgehead atoms. The van der Waals surface area contributed by atoms with Gasteiger partial charge in [-0.25, -0.2) is 12.8 Å². The number of carbonyl (C=O) groups is 1. The van der Waals surface area contributed by atoms with E-state index in [1.807, 2.05) is 13.8 Å². The highest BCUT2D eigenvalue weighted by Gasteiger charge is 2.25. The first kappa shape index (κ1) is 18.4. The molecule has 1 N–H and O–H groups in total. The summed E-state index contributed by atoms with van der Waals surface area (Å²) in [5, 5.41) is 0. The summed E-state index contributed by atoms with van der Waals surface area (Å²) in [6, 6.07) is 9.84. The maximum atomic E-state index is 13.0. The van der Waals surface area contributed by atoms with Gasteiger partial charge in [-0.05, 0) is 60.4 Å². The molecule has 2 aromatic rings. The maximum absolute atomic E-state index is 13.0. The van der Waals surface area contributed by atoms with E-state index >= 15 is 0 Å². The molecular weight excluding hydrogens is 355 g/mol. The van der Waals surface area contributed by atoms with Gasteiger partial charge in [0.25, 0.3) is 10.0 Å². The van der Waals surface area contributed by atoms with E-state index < -0.39 is 15.8 Å². The molecule has 0 saturated carbocycles. The lowest BCUT2D eigenvalue weighted by molar-refractivity contribution is -0.119. The van der Waals surface area contributed by atoms with Crippen LogP contribution in [0.2, 0.25) is 0 Å². The zero-order valence-corrected chi connectivity index (χ0v) is 15.5. The number of aryl methyl sites for hydroxylation is 1. The molecule has 5 nitrogen and oxygen atoms in total. The Labute approximate surface area is 152 Å². The molecule has 2 aromatic carbocycles. The smallest absolute Gasteiger partial charge is 0.261 e. The lowest BCUT2D eigenvalue weighted by atomic mass is 9.99. The van der Waals surface area contributed by atoms with Crippen molar-refractivity contribution in [1.82, 2.24) is 0 Å². The first-order valence-corrected chi connectivity index (χ1v) is 9.96. The van der Waals surface area contributed by atoms with E-state index in [0.717, 1.165) is 23.4 Å². The minimum Gasteiger partial charge on any atom is -0.312 e. The molecule has 0 unspecified atom stereocenters. The van der Waals surface area contributed by atoms with Crippen molar-refractivity contribution in [2.24, 2.45) is 5.92 Å². The molecule has 0 aliphatic carbocycles. The second-order valence-electron chi connectivity index (χ2n) is 6.80. The molecule has 0 saturated heterocycles. The van der Waals surface area contributed by atoms with Crippen LogP contribution in [-0.4, -0.2) is 20.9 Å². The molecule has 26 heavy (non-hydrogen) atoms. The molecule has 138 valence electrons. The zero-order valence-electron chi connectivity index (χ0n) is 14.7. The third-order valence-corrected chi connectivity index (χ3v) is 5.60. The number of carbonyl (C=O) groups excluding carboxylic acids is 1. The van der Waals surface area contributed by atoms with E-state index in [9.17, 15) is 17.6 Å². The summed E-state index contributed by atoms with van der Waals surface area (Å²) in [7, 11) is -3.80. The third kappa shape index (κ3) is 3.88. The fourth-order valence-electron chi connectivity index (χ4n) is 3.02. The van der Waals surface area contributed by atoms with E-state index in [2.05, 4.69) is 4.72 Å². The quantitative estimate of drug-likeness (QED) is 0.868. The number of hydrogen-bond acceptors (Lipinski definition) is 3. The van der Waals surface area contributed by atoms with Crippen LogP contribution in [-0.2, 0) is 21.2 Å². The highest BCUT2D eigenvalue weighted by Crippen LogP contribution is 2.31. The molecule has 1 amide bonds. The summed E-state index contributed by atoms with van der Waals surface area (Å²) in [4.78, 5) is 14.0. The van der Waals surface area contributed by atoms with Gasteiger partial charge >= 0.3 is 0 Å². The first-order chi connectivity index (χ1) is 12.3. The number of rotatable bonds is 5. The van der Waals surface area contributed by atoms with Crippen molar-refractivity contribution < 1.29 is 17.6 Å². The normalized spacial score (nSPS) is 14.5. The number of anilines is 2. The standard InChI is InChI=1S/C19H21FN2O3S/c1-13(2)12-22-18-9-6-16(11-14(18)3-10-19(22)23)21-26(24,25)17-7-4-15(20)5-8-17/h4-9,11,13,21H,3,10,12H2,1-2H3. The largest absolute Gasteiger partial charge is 0.312 e. The van der Waals surface area contributed by atoms with Crippen molar-refractivity contribution in [1.29, 1.82) is 0 Å². The highest BCUT2D eigenvalue weighted by atomic mass is 32.2. The Balaban J connectivity index is 1.87. The first-order valence-electron chi connectivity index (χ1n) is 8.48. The van der Waals surface area contributed by atoms with Crippen LogP contribution in [0.5, 0.6) is 0 Å². The van der Waals surface area contributed by atoms with Crippen molar-refractivity contribution >= 4 is 27.3 Å². The van der Waals surface area contributed by atoms with Gasteiger partial charge in [-0.3, -0.25) is 9.52 Å². The molecule has 0 radical (unpaired) electrons. The zero-order chi connectivity index (χ0) is 18.9. The average Bonchev–Trinajstić information content (AvgIpc) is 2.57. The van der Waals surface area contributed by atoms with Gasteiger partial charge < -0.3 is 4.90 Å². The molecule has 1 aliphatic rings. The van der Waals surface area contributed by atoms with Gasteiger partial charge in [0, 0.05) is 24.3 Å². The predicted molar refractivity (Wildman–Crippen MR) is 99.2 cm³/mol. The Hall–Kier alpha value is -2.41. The molecule has 7 heteroatoms. The molecule has 0 atom stereocenters. The van der Waals surface area contributed by atoms with E-state index in [-0.39, 0.29) is 10.8 Å². The SMILES string of the molecule is CC(C)CN1C(=O)CCc2cc(NS(=O)(=O)c3ccc(F)cc3)ccc21. The number of nitrogens with zero attached hydrogens (tertiary/aromatic N) is 1. The molecule has 3 rings (SSSR count). The molecule has 0 aromatic heterocycles. The number of amides is 1. The van der Waals surface area contributed by atoms with E-state index in [1.54, 1.807) is 23.1 Å². The molecule has 0 fully saturated rings. The summed E-state index contributed by atoms with van der Waals surface area (Å²) in [6.07, 6.45) is 0.989. The van der Waals surface area contributed by atoms with Crippen molar-refractivity contribution in [2.45, 2.75) is 31.6 Å². The van der Waals surface area contributed by atoms with Gasteiger partial charge in [-0.1, -0.05) is 13.8 Å². The van der Waals surface area contributed by atoms with Gasteiger partial charge in [-0.15, -0.1) is 0 Å². The topological polar surface area (TPSA) is 66.5 Å². The predicted octanol–water partition coefficient (Wildman–Crippen LogP) is 3.56. The van der Waals surface area contributed by atoms with Crippen molar-refractivity contribution in [2.75, 3.05) is 16.2 Å². The summed E-state index contributed by atoms with van der Waals surface area (Å²) in [5.41, 5.74) is 2.19. The summed E-state index contributed by atoms with van der Waals surface area (Å²) < 4.78 is 40.4. The van der Waals surface area contributed by atoms with Gasteiger partial charge in [0.1, 0.15) is 5.82 Å². The Morgan fingerprint density at radius 3 is 2.46 bits per heavy atom. The van der Waals surface area contributed by atoms with Crippen LogP contribution in [0.3, 0.4) is 0 Å². The Bertz CT molecular complexity index is 924. The molecule has 1 aliphatic heterocycles.